The lowest BCUT2D eigenvalue weighted by molar-refractivity contribution is 0.686. The zero-order chi connectivity index (χ0) is 10.8. The molecule has 0 saturated heterocycles. The lowest BCUT2D eigenvalue weighted by atomic mass is 10.2. The van der Waals surface area contributed by atoms with Crippen molar-refractivity contribution in [3.63, 3.8) is 0 Å². The van der Waals surface area contributed by atoms with E-state index in [0.717, 1.165) is 28.0 Å². The Bertz CT molecular complexity index is 462. The number of rotatable bonds is 3. The summed E-state index contributed by atoms with van der Waals surface area (Å²) in [6.07, 6.45) is 0. The number of hydrogen-bond donors (Lipinski definition) is 2. The Balaban J connectivity index is 2.23. The van der Waals surface area contributed by atoms with E-state index in [1.54, 1.807) is 0 Å². The van der Waals surface area contributed by atoms with E-state index < -0.39 is 0 Å². The summed E-state index contributed by atoms with van der Waals surface area (Å²) >= 11 is 3.44. The van der Waals surface area contributed by atoms with E-state index in [2.05, 4.69) is 45.1 Å². The number of anilines is 1. The highest BCUT2D eigenvalue weighted by Crippen LogP contribution is 2.19. The van der Waals surface area contributed by atoms with Crippen LogP contribution >= 0.6 is 15.9 Å². The van der Waals surface area contributed by atoms with E-state index in [1.807, 2.05) is 18.2 Å². The highest BCUT2D eigenvalue weighted by Gasteiger charge is 2.02. The van der Waals surface area contributed by atoms with Crippen LogP contribution < -0.4 is 5.32 Å². The zero-order valence-corrected chi connectivity index (χ0v) is 10.4. The van der Waals surface area contributed by atoms with Crippen LogP contribution in [0.5, 0.6) is 0 Å². The molecule has 2 N–H and O–H groups in total. The van der Waals surface area contributed by atoms with Crippen LogP contribution in [0.25, 0.3) is 11.0 Å². The van der Waals surface area contributed by atoms with Gasteiger partial charge in [-0.3, -0.25) is 0 Å². The molecule has 1 heterocycles. The van der Waals surface area contributed by atoms with E-state index in [1.165, 1.54) is 0 Å². The van der Waals surface area contributed by atoms with Gasteiger partial charge in [0.1, 0.15) is 0 Å². The SMILES string of the molecule is CC(C)CNc1nc2ccc(Br)cc2[nH]1. The first kappa shape index (κ1) is 10.5. The van der Waals surface area contributed by atoms with Crippen molar-refractivity contribution in [1.29, 1.82) is 0 Å². The summed E-state index contributed by atoms with van der Waals surface area (Å²) < 4.78 is 1.06. The number of hydrogen-bond acceptors (Lipinski definition) is 2. The third-order valence-corrected chi connectivity index (χ3v) is 2.61. The van der Waals surface area contributed by atoms with Crippen LogP contribution in [0.3, 0.4) is 0 Å². The smallest absolute Gasteiger partial charge is 0.201 e. The largest absolute Gasteiger partial charge is 0.356 e. The molecule has 80 valence electrons. The number of imidazole rings is 1. The number of fused-ring (bicyclic) bond motifs is 1. The van der Waals surface area contributed by atoms with E-state index in [0.29, 0.717) is 5.92 Å². The number of nitrogens with one attached hydrogen (secondary N) is 2. The first-order chi connectivity index (χ1) is 7.15. The summed E-state index contributed by atoms with van der Waals surface area (Å²) in [5.74, 6) is 1.46. The van der Waals surface area contributed by atoms with Crippen LogP contribution in [0, 0.1) is 5.92 Å². The van der Waals surface area contributed by atoms with Gasteiger partial charge in [0, 0.05) is 11.0 Å². The van der Waals surface area contributed by atoms with E-state index in [-0.39, 0.29) is 0 Å². The van der Waals surface area contributed by atoms with E-state index in [9.17, 15) is 0 Å². The van der Waals surface area contributed by atoms with E-state index in [4.69, 9.17) is 0 Å². The van der Waals surface area contributed by atoms with Crippen molar-refractivity contribution in [1.82, 2.24) is 9.97 Å². The van der Waals surface area contributed by atoms with Gasteiger partial charge in [-0.2, -0.15) is 0 Å². The van der Waals surface area contributed by atoms with Crippen molar-refractivity contribution >= 4 is 32.9 Å². The van der Waals surface area contributed by atoms with Crippen LogP contribution in [-0.2, 0) is 0 Å². The average Bonchev–Trinajstić information content (AvgIpc) is 2.56. The van der Waals surface area contributed by atoms with Crippen molar-refractivity contribution in [2.75, 3.05) is 11.9 Å². The standard InChI is InChI=1S/C11H14BrN3/c1-7(2)6-13-11-14-9-4-3-8(12)5-10(9)15-11/h3-5,7H,6H2,1-2H3,(H2,13,14,15). The zero-order valence-electron chi connectivity index (χ0n) is 8.84. The Kier molecular flexibility index (Phi) is 2.95. The first-order valence-electron chi connectivity index (χ1n) is 5.04. The summed E-state index contributed by atoms with van der Waals surface area (Å²) in [5.41, 5.74) is 2.04. The number of H-pyrrole nitrogens is 1. The van der Waals surface area contributed by atoms with Crippen molar-refractivity contribution in [2.45, 2.75) is 13.8 Å². The van der Waals surface area contributed by atoms with E-state index >= 15 is 0 Å². The molecule has 1 aromatic carbocycles. The molecule has 0 aliphatic carbocycles. The molecular formula is C11H14BrN3. The first-order valence-corrected chi connectivity index (χ1v) is 5.83. The molecule has 0 atom stereocenters. The second-order valence-electron chi connectivity index (χ2n) is 4.02. The summed E-state index contributed by atoms with van der Waals surface area (Å²) in [5, 5.41) is 3.27. The van der Waals surface area contributed by atoms with Crippen molar-refractivity contribution in [2.24, 2.45) is 5.92 Å². The topological polar surface area (TPSA) is 40.7 Å². The number of aromatic nitrogens is 2. The van der Waals surface area contributed by atoms with Gasteiger partial charge < -0.3 is 10.3 Å². The molecule has 0 amide bonds. The molecule has 0 aliphatic rings. The maximum atomic E-state index is 4.44. The second-order valence-corrected chi connectivity index (χ2v) is 4.94. The molecule has 2 rings (SSSR count). The Morgan fingerprint density at radius 1 is 1.47 bits per heavy atom. The molecule has 0 bridgehead atoms. The highest BCUT2D eigenvalue weighted by molar-refractivity contribution is 9.10. The third-order valence-electron chi connectivity index (χ3n) is 2.12. The Morgan fingerprint density at radius 2 is 2.27 bits per heavy atom. The molecule has 0 radical (unpaired) electrons. The van der Waals surface area contributed by atoms with Gasteiger partial charge in [0.2, 0.25) is 5.95 Å². The van der Waals surface area contributed by atoms with Crippen LogP contribution in [0.15, 0.2) is 22.7 Å². The van der Waals surface area contributed by atoms with Crippen LogP contribution in [0.2, 0.25) is 0 Å². The molecule has 2 aromatic rings. The number of benzene rings is 1. The fraction of sp³-hybridized carbons (Fsp3) is 0.364. The summed E-state index contributed by atoms with van der Waals surface area (Å²) in [7, 11) is 0. The minimum Gasteiger partial charge on any atom is -0.356 e. The number of aromatic amines is 1. The molecular weight excluding hydrogens is 254 g/mol. The van der Waals surface area contributed by atoms with Crippen molar-refractivity contribution in [3.8, 4) is 0 Å². The van der Waals surface area contributed by atoms with Gasteiger partial charge >= 0.3 is 0 Å². The molecule has 15 heavy (non-hydrogen) atoms. The molecule has 1 aromatic heterocycles. The molecule has 0 aliphatic heterocycles. The van der Waals surface area contributed by atoms with Gasteiger partial charge in [-0.15, -0.1) is 0 Å². The summed E-state index contributed by atoms with van der Waals surface area (Å²) in [6, 6.07) is 6.02. The minimum absolute atomic E-state index is 0.616. The van der Waals surface area contributed by atoms with Gasteiger partial charge in [0.25, 0.3) is 0 Å². The quantitative estimate of drug-likeness (QED) is 0.895. The summed E-state index contributed by atoms with van der Waals surface area (Å²) in [6.45, 7) is 5.28. The molecule has 0 unspecified atom stereocenters. The molecule has 4 heteroatoms. The lowest BCUT2D eigenvalue weighted by Crippen LogP contribution is -2.08. The van der Waals surface area contributed by atoms with Gasteiger partial charge in [-0.25, -0.2) is 4.98 Å². The lowest BCUT2D eigenvalue weighted by Gasteiger charge is -2.04. The monoisotopic (exact) mass is 267 g/mol. The predicted octanol–water partition coefficient (Wildman–Crippen LogP) is 3.39. The maximum Gasteiger partial charge on any atom is 0.201 e. The normalized spacial score (nSPS) is 11.2. The number of nitrogens with zero attached hydrogens (tertiary/aromatic N) is 1. The van der Waals surface area contributed by atoms with Crippen LogP contribution in [0.4, 0.5) is 5.95 Å². The minimum atomic E-state index is 0.616. The van der Waals surface area contributed by atoms with Gasteiger partial charge in [-0.1, -0.05) is 29.8 Å². The third kappa shape index (κ3) is 2.50. The average molecular weight is 268 g/mol. The molecule has 0 fully saturated rings. The van der Waals surface area contributed by atoms with Gasteiger partial charge in [0.05, 0.1) is 11.0 Å². The Morgan fingerprint density at radius 3 is 3.00 bits per heavy atom. The molecule has 3 nitrogen and oxygen atoms in total. The van der Waals surface area contributed by atoms with Gasteiger partial charge in [0.15, 0.2) is 0 Å². The molecule has 0 spiro atoms. The fourth-order valence-electron chi connectivity index (χ4n) is 1.37. The fourth-order valence-corrected chi connectivity index (χ4v) is 1.73. The highest BCUT2D eigenvalue weighted by atomic mass is 79.9. The molecule has 0 saturated carbocycles. The predicted molar refractivity (Wildman–Crippen MR) is 67.1 cm³/mol. The van der Waals surface area contributed by atoms with Crippen LogP contribution in [0.1, 0.15) is 13.8 Å². The Labute approximate surface area is 97.4 Å². The number of halogens is 1. The van der Waals surface area contributed by atoms with Crippen molar-refractivity contribution in [3.05, 3.63) is 22.7 Å². The van der Waals surface area contributed by atoms with Gasteiger partial charge in [-0.05, 0) is 24.1 Å². The Hall–Kier alpha value is -1.03. The maximum absolute atomic E-state index is 4.44. The van der Waals surface area contributed by atoms with Crippen LogP contribution in [-0.4, -0.2) is 16.5 Å². The second kappa shape index (κ2) is 4.23. The van der Waals surface area contributed by atoms with Crippen molar-refractivity contribution < 1.29 is 0 Å². The summed E-state index contributed by atoms with van der Waals surface area (Å²) in [4.78, 5) is 7.68.